The van der Waals surface area contributed by atoms with Crippen molar-refractivity contribution in [1.82, 2.24) is 0 Å². The van der Waals surface area contributed by atoms with E-state index < -0.39 is 0 Å². The Morgan fingerprint density at radius 1 is 1.31 bits per heavy atom. The summed E-state index contributed by atoms with van der Waals surface area (Å²) in [5.41, 5.74) is 2.09. The van der Waals surface area contributed by atoms with Crippen LogP contribution in [0.15, 0.2) is 45.0 Å². The normalized spacial score (nSPS) is 13.2. The van der Waals surface area contributed by atoms with Crippen molar-refractivity contribution in [3.8, 4) is 0 Å². The van der Waals surface area contributed by atoms with E-state index in [9.17, 15) is 0 Å². The number of rotatable bonds is 6. The van der Waals surface area contributed by atoms with E-state index in [0.29, 0.717) is 0 Å². The maximum Gasteiger partial charge on any atom is 0.0613 e. The average molecular weight is 238 g/mol. The topological polar surface area (TPSA) is 24.7 Å². The van der Waals surface area contributed by atoms with Crippen molar-refractivity contribution in [1.29, 1.82) is 0 Å². The Kier molecular flexibility index (Phi) is 6.34. The summed E-state index contributed by atoms with van der Waals surface area (Å²) in [4.78, 5) is 1.10. The molecule has 0 N–H and O–H groups in total. The fraction of sp³-hybridized carbons (Fsp3) is 0.538. The molecule has 0 amide bonds. The summed E-state index contributed by atoms with van der Waals surface area (Å²) < 4.78 is 0. The summed E-state index contributed by atoms with van der Waals surface area (Å²) in [6.45, 7) is 16.2. The van der Waals surface area contributed by atoms with Crippen molar-refractivity contribution in [2.75, 3.05) is 7.05 Å². The van der Waals surface area contributed by atoms with Crippen LogP contribution in [0.5, 0.6) is 0 Å². The van der Waals surface area contributed by atoms with Gasteiger partial charge in [-0.3, -0.25) is 0 Å². The molecule has 0 atom stereocenters. The fourth-order valence-electron chi connectivity index (χ4n) is 1.30. The molecule has 0 heterocycles. The van der Waals surface area contributed by atoms with Crippen molar-refractivity contribution in [2.24, 2.45) is 15.6 Å². The van der Waals surface area contributed by atoms with Gasteiger partial charge in [-0.05, 0) is 30.6 Å². The van der Waals surface area contributed by atoms with Crippen molar-refractivity contribution in [3.63, 3.8) is 0 Å². The smallest absolute Gasteiger partial charge is 0.0613 e. The van der Waals surface area contributed by atoms with Gasteiger partial charge >= 0.3 is 0 Å². The van der Waals surface area contributed by atoms with E-state index in [1.54, 1.807) is 18.8 Å². The Bertz CT molecular complexity index is 325. The minimum Gasteiger partial charge on any atom is -0.192 e. The number of allylic oxidation sites excluding steroid dienone is 3. The van der Waals surface area contributed by atoms with E-state index in [0.717, 1.165) is 17.0 Å². The van der Waals surface area contributed by atoms with Gasteiger partial charge < -0.3 is 0 Å². The van der Waals surface area contributed by atoms with Crippen molar-refractivity contribution in [2.45, 2.75) is 34.1 Å². The molecule has 0 aliphatic rings. The first-order valence-corrected chi connectivity index (χ1v) is 6.14. The average Bonchev–Trinajstić information content (AvgIpc) is 2.14. The number of thioether (sulfide) groups is 1. The van der Waals surface area contributed by atoms with Crippen LogP contribution in [0.25, 0.3) is 0 Å². The van der Waals surface area contributed by atoms with E-state index in [4.69, 9.17) is 0 Å². The summed E-state index contributed by atoms with van der Waals surface area (Å²) in [6.07, 6.45) is 0.936. The molecular formula is C13H22N2S. The van der Waals surface area contributed by atoms with Gasteiger partial charge in [0.15, 0.2) is 0 Å². The van der Waals surface area contributed by atoms with E-state index in [-0.39, 0.29) is 5.41 Å². The lowest BCUT2D eigenvalue weighted by atomic mass is 9.84. The molecular weight excluding hydrogens is 216 g/mol. The molecule has 0 bridgehead atoms. The SMILES string of the molecule is C=C(C)S/C=C(\C)CC(C)(C)C(=C)/N=N\C. The van der Waals surface area contributed by atoms with Gasteiger partial charge in [0.05, 0.1) is 5.70 Å². The third-order valence-electron chi connectivity index (χ3n) is 2.18. The minimum absolute atomic E-state index is 0.0459. The molecule has 0 spiro atoms. The van der Waals surface area contributed by atoms with Crippen molar-refractivity contribution in [3.05, 3.63) is 34.7 Å². The van der Waals surface area contributed by atoms with Crippen LogP contribution in [0, 0.1) is 5.41 Å². The van der Waals surface area contributed by atoms with Gasteiger partial charge in [-0.25, -0.2) is 0 Å². The highest BCUT2D eigenvalue weighted by Gasteiger charge is 2.22. The molecule has 3 heteroatoms. The van der Waals surface area contributed by atoms with E-state index in [1.165, 1.54) is 5.57 Å². The molecule has 16 heavy (non-hydrogen) atoms. The Morgan fingerprint density at radius 2 is 1.88 bits per heavy atom. The van der Waals surface area contributed by atoms with Crippen LogP contribution in [-0.4, -0.2) is 7.05 Å². The predicted octanol–water partition coefficient (Wildman–Crippen LogP) is 5.17. The highest BCUT2D eigenvalue weighted by molar-refractivity contribution is 8.05. The van der Waals surface area contributed by atoms with Gasteiger partial charge in [0.25, 0.3) is 0 Å². The van der Waals surface area contributed by atoms with Gasteiger partial charge in [0.2, 0.25) is 0 Å². The van der Waals surface area contributed by atoms with Gasteiger partial charge in [-0.1, -0.05) is 32.6 Å². The molecule has 0 aromatic heterocycles. The van der Waals surface area contributed by atoms with E-state index in [2.05, 4.69) is 49.6 Å². The zero-order chi connectivity index (χ0) is 12.8. The molecule has 0 aliphatic carbocycles. The van der Waals surface area contributed by atoms with Crippen LogP contribution < -0.4 is 0 Å². The van der Waals surface area contributed by atoms with Crippen LogP contribution in [0.3, 0.4) is 0 Å². The quantitative estimate of drug-likeness (QED) is 0.586. The van der Waals surface area contributed by atoms with Crippen LogP contribution in [-0.2, 0) is 0 Å². The maximum atomic E-state index is 4.02. The number of azo groups is 1. The van der Waals surface area contributed by atoms with Gasteiger partial charge in [-0.2, -0.15) is 10.2 Å². The predicted molar refractivity (Wildman–Crippen MR) is 74.5 cm³/mol. The summed E-state index contributed by atoms with van der Waals surface area (Å²) in [5.74, 6) is 0. The van der Waals surface area contributed by atoms with Crippen molar-refractivity contribution >= 4 is 11.8 Å². The molecule has 0 aromatic rings. The monoisotopic (exact) mass is 238 g/mol. The van der Waals surface area contributed by atoms with E-state index >= 15 is 0 Å². The summed E-state index contributed by atoms with van der Waals surface area (Å²) in [6, 6.07) is 0. The molecule has 2 nitrogen and oxygen atoms in total. The third kappa shape index (κ3) is 5.91. The molecule has 0 fully saturated rings. The zero-order valence-electron chi connectivity index (χ0n) is 11.0. The molecule has 0 saturated heterocycles. The second kappa shape index (κ2) is 6.69. The molecule has 0 saturated carbocycles. The highest BCUT2D eigenvalue weighted by atomic mass is 32.2. The lowest BCUT2D eigenvalue weighted by molar-refractivity contribution is 0.434. The second-order valence-corrected chi connectivity index (χ2v) is 5.76. The summed E-state index contributed by atoms with van der Waals surface area (Å²) in [5, 5.41) is 9.93. The molecule has 0 aliphatic heterocycles. The van der Waals surface area contributed by atoms with Crippen LogP contribution >= 0.6 is 11.8 Å². The highest BCUT2D eigenvalue weighted by Crippen LogP contribution is 2.34. The molecule has 0 aromatic carbocycles. The lowest BCUT2D eigenvalue weighted by Gasteiger charge is -2.24. The first kappa shape index (κ1) is 15.2. The van der Waals surface area contributed by atoms with Gasteiger partial charge in [-0.15, -0.1) is 11.8 Å². The first-order valence-electron chi connectivity index (χ1n) is 5.26. The lowest BCUT2D eigenvalue weighted by Crippen LogP contribution is -2.13. The molecule has 0 radical (unpaired) electrons. The molecule has 90 valence electrons. The minimum atomic E-state index is -0.0459. The Labute approximate surface area is 104 Å². The fourth-order valence-corrected chi connectivity index (χ4v) is 1.78. The van der Waals surface area contributed by atoms with Crippen LogP contribution in [0.4, 0.5) is 0 Å². The first-order chi connectivity index (χ1) is 7.29. The maximum absolute atomic E-state index is 4.02. The number of nitrogens with zero attached hydrogens (tertiary/aromatic N) is 2. The largest absolute Gasteiger partial charge is 0.192 e. The van der Waals surface area contributed by atoms with Crippen LogP contribution in [0.1, 0.15) is 34.1 Å². The van der Waals surface area contributed by atoms with Gasteiger partial charge in [0.1, 0.15) is 0 Å². The number of hydrogen-bond acceptors (Lipinski definition) is 3. The van der Waals surface area contributed by atoms with Crippen molar-refractivity contribution < 1.29 is 0 Å². The Morgan fingerprint density at radius 3 is 2.31 bits per heavy atom. The van der Waals surface area contributed by atoms with Crippen LogP contribution in [0.2, 0.25) is 0 Å². The second-order valence-electron chi connectivity index (χ2n) is 4.59. The number of hydrogen-bond donors (Lipinski definition) is 0. The summed E-state index contributed by atoms with van der Waals surface area (Å²) in [7, 11) is 1.67. The zero-order valence-corrected chi connectivity index (χ0v) is 11.8. The third-order valence-corrected chi connectivity index (χ3v) is 3.11. The molecule has 0 rings (SSSR count). The van der Waals surface area contributed by atoms with E-state index in [1.807, 2.05) is 6.92 Å². The Balaban J connectivity index is 4.52. The summed E-state index contributed by atoms with van der Waals surface area (Å²) >= 11 is 1.66. The van der Waals surface area contributed by atoms with Gasteiger partial charge in [0, 0.05) is 12.5 Å². The Hall–Kier alpha value is -0.830. The molecule has 0 unspecified atom stereocenters. The standard InChI is InChI=1S/C13H22N2S/c1-10(2)16-9-11(3)8-13(5,6)12(4)15-14-7/h9H,1,4,8H2,2-3,5-7H3/b11-9+,15-14-.